The number of aliphatic imine (C=N–C) groups is 1. The van der Waals surface area contributed by atoms with E-state index >= 15 is 0 Å². The normalized spacial score (nSPS) is 15.3. The van der Waals surface area contributed by atoms with Gasteiger partial charge in [-0.1, -0.05) is 11.6 Å². The summed E-state index contributed by atoms with van der Waals surface area (Å²) in [6.45, 7) is 1.54. The second-order valence-corrected chi connectivity index (χ2v) is 7.29. The number of nitrogens with zero attached hydrogens (tertiary/aromatic N) is 3. The molecule has 1 aliphatic heterocycles. The lowest BCUT2D eigenvalue weighted by Gasteiger charge is -2.21. The molecule has 1 amide bonds. The Labute approximate surface area is 174 Å². The van der Waals surface area contributed by atoms with E-state index in [1.165, 1.54) is 0 Å². The number of rotatable bonds is 8. The van der Waals surface area contributed by atoms with Crippen molar-refractivity contribution in [3.8, 4) is 5.75 Å². The summed E-state index contributed by atoms with van der Waals surface area (Å²) in [5.41, 5.74) is 1.69. The average Bonchev–Trinajstić information content (AvgIpc) is 2.70. The molecule has 0 radical (unpaired) electrons. The second kappa shape index (κ2) is 9.69. The lowest BCUT2D eigenvalue weighted by molar-refractivity contribution is 0.0952. The molecule has 3 N–H and O–H groups in total. The largest absolute Gasteiger partial charge is 0.486 e. The van der Waals surface area contributed by atoms with Crippen molar-refractivity contribution in [1.29, 1.82) is 0 Å². The molecule has 2 aromatic rings. The van der Waals surface area contributed by atoms with E-state index in [2.05, 4.69) is 25.5 Å². The number of amidine groups is 1. The highest BCUT2D eigenvalue weighted by atomic mass is 35.5. The summed E-state index contributed by atoms with van der Waals surface area (Å²) in [4.78, 5) is 22.7. The van der Waals surface area contributed by atoms with Gasteiger partial charge in [0.05, 0.1) is 22.5 Å². The molecule has 154 valence electrons. The summed E-state index contributed by atoms with van der Waals surface area (Å²) < 4.78 is 5.74. The predicted octanol–water partition coefficient (Wildman–Crippen LogP) is 2.31. The number of aromatic nitrogens is 1. The number of halogens is 1. The van der Waals surface area contributed by atoms with Crippen molar-refractivity contribution < 1.29 is 14.6 Å². The Morgan fingerprint density at radius 1 is 1.38 bits per heavy atom. The van der Waals surface area contributed by atoms with Crippen LogP contribution >= 0.6 is 11.6 Å². The van der Waals surface area contributed by atoms with Gasteiger partial charge in [0.15, 0.2) is 6.23 Å². The molecule has 0 fully saturated rings. The molecule has 0 saturated heterocycles. The third-order valence-electron chi connectivity index (χ3n) is 4.32. The molecular weight excluding hydrogens is 394 g/mol. The lowest BCUT2D eigenvalue weighted by Crippen LogP contribution is -2.28. The molecule has 0 spiro atoms. The molecule has 0 bridgehead atoms. The third kappa shape index (κ3) is 5.66. The molecular formula is C20H24ClN5O3. The molecule has 1 unspecified atom stereocenters. The van der Waals surface area contributed by atoms with E-state index in [9.17, 15) is 9.90 Å². The Kier molecular flexibility index (Phi) is 7.03. The highest BCUT2D eigenvalue weighted by Gasteiger charge is 2.19. The van der Waals surface area contributed by atoms with Gasteiger partial charge >= 0.3 is 0 Å². The Morgan fingerprint density at radius 2 is 2.21 bits per heavy atom. The van der Waals surface area contributed by atoms with Gasteiger partial charge in [-0.2, -0.15) is 0 Å². The number of carbonyl (C=O) groups is 1. The van der Waals surface area contributed by atoms with Gasteiger partial charge in [-0.3, -0.25) is 9.78 Å². The van der Waals surface area contributed by atoms with E-state index in [4.69, 9.17) is 16.3 Å². The first-order chi connectivity index (χ1) is 13.9. The minimum atomic E-state index is -0.971. The fraction of sp³-hybridized carbons (Fsp3) is 0.350. The SMILES string of the molecule is CN(C)CCCNC(=O)c1cc(OCC2=NC(O)c3ccncc3N2)ccc1Cl. The average molecular weight is 418 g/mol. The third-order valence-corrected chi connectivity index (χ3v) is 4.65. The van der Waals surface area contributed by atoms with Crippen LogP contribution in [0, 0.1) is 0 Å². The minimum absolute atomic E-state index is 0.0942. The maximum Gasteiger partial charge on any atom is 0.252 e. The van der Waals surface area contributed by atoms with Crippen LogP contribution in [-0.4, -0.2) is 60.5 Å². The highest BCUT2D eigenvalue weighted by molar-refractivity contribution is 6.33. The van der Waals surface area contributed by atoms with Crippen molar-refractivity contribution in [3.63, 3.8) is 0 Å². The van der Waals surface area contributed by atoms with E-state index in [0.29, 0.717) is 40.0 Å². The molecule has 8 nitrogen and oxygen atoms in total. The van der Waals surface area contributed by atoms with Crippen molar-refractivity contribution in [3.05, 3.63) is 52.8 Å². The first kappa shape index (κ1) is 21.0. The van der Waals surface area contributed by atoms with Crippen LogP contribution in [0.3, 0.4) is 0 Å². The van der Waals surface area contributed by atoms with Gasteiger partial charge in [-0.15, -0.1) is 0 Å². The molecule has 3 rings (SSSR count). The first-order valence-electron chi connectivity index (χ1n) is 9.25. The van der Waals surface area contributed by atoms with Crippen LogP contribution in [0.4, 0.5) is 5.69 Å². The van der Waals surface area contributed by atoms with E-state index < -0.39 is 6.23 Å². The number of anilines is 1. The zero-order chi connectivity index (χ0) is 20.8. The van der Waals surface area contributed by atoms with Crippen molar-refractivity contribution in [1.82, 2.24) is 15.2 Å². The Balaban J connectivity index is 1.59. The van der Waals surface area contributed by atoms with Crippen molar-refractivity contribution in [2.24, 2.45) is 4.99 Å². The first-order valence-corrected chi connectivity index (χ1v) is 9.63. The molecule has 1 aromatic heterocycles. The number of nitrogens with one attached hydrogen (secondary N) is 2. The van der Waals surface area contributed by atoms with Crippen molar-refractivity contribution in [2.75, 3.05) is 39.1 Å². The van der Waals surface area contributed by atoms with Gasteiger partial charge in [0.25, 0.3) is 5.91 Å². The number of aliphatic hydroxyl groups excluding tert-OH is 1. The zero-order valence-corrected chi connectivity index (χ0v) is 17.1. The van der Waals surface area contributed by atoms with Gasteiger partial charge < -0.3 is 25.4 Å². The van der Waals surface area contributed by atoms with E-state index in [1.807, 2.05) is 14.1 Å². The number of hydrogen-bond donors (Lipinski definition) is 3. The maximum absolute atomic E-state index is 12.4. The van der Waals surface area contributed by atoms with Crippen molar-refractivity contribution >= 4 is 29.0 Å². The van der Waals surface area contributed by atoms with Crippen LogP contribution in [-0.2, 0) is 0 Å². The van der Waals surface area contributed by atoms with Crippen molar-refractivity contribution in [2.45, 2.75) is 12.6 Å². The summed E-state index contributed by atoms with van der Waals surface area (Å²) in [7, 11) is 3.97. The van der Waals surface area contributed by atoms with E-state index in [1.54, 1.807) is 36.7 Å². The maximum atomic E-state index is 12.4. The molecule has 1 aromatic carbocycles. The molecule has 1 atom stereocenters. The van der Waals surface area contributed by atoms with E-state index in [0.717, 1.165) is 13.0 Å². The summed E-state index contributed by atoms with van der Waals surface area (Å²) in [5, 5.41) is 16.4. The Bertz CT molecular complexity index is 903. The zero-order valence-electron chi connectivity index (χ0n) is 16.4. The van der Waals surface area contributed by atoms with Crippen LogP contribution in [0.2, 0.25) is 5.02 Å². The number of amides is 1. The monoisotopic (exact) mass is 417 g/mol. The van der Waals surface area contributed by atoms with Gasteiger partial charge in [-0.05, 0) is 51.3 Å². The number of hydrogen-bond acceptors (Lipinski definition) is 7. The number of carbonyl (C=O) groups excluding carboxylic acids is 1. The van der Waals surface area contributed by atoms with Gasteiger partial charge in [0, 0.05) is 18.3 Å². The van der Waals surface area contributed by atoms with Crippen LogP contribution in [0.15, 0.2) is 41.7 Å². The smallest absolute Gasteiger partial charge is 0.252 e. The van der Waals surface area contributed by atoms with Gasteiger partial charge in [0.1, 0.15) is 18.2 Å². The molecule has 29 heavy (non-hydrogen) atoms. The summed E-state index contributed by atoms with van der Waals surface area (Å²) in [5.74, 6) is 0.689. The fourth-order valence-corrected chi connectivity index (χ4v) is 3.03. The quantitative estimate of drug-likeness (QED) is 0.570. The van der Waals surface area contributed by atoms with Crippen LogP contribution in [0.5, 0.6) is 5.75 Å². The number of aliphatic hydroxyl groups is 1. The summed E-state index contributed by atoms with van der Waals surface area (Å²) in [6.07, 6.45) is 3.09. The number of ether oxygens (including phenoxy) is 1. The molecule has 0 aliphatic carbocycles. The number of fused-ring (bicyclic) bond motifs is 1. The van der Waals surface area contributed by atoms with Gasteiger partial charge in [0.2, 0.25) is 0 Å². The van der Waals surface area contributed by atoms with Crippen LogP contribution in [0.25, 0.3) is 0 Å². The number of pyridine rings is 1. The number of benzene rings is 1. The lowest BCUT2D eigenvalue weighted by atomic mass is 10.1. The molecule has 9 heteroatoms. The molecule has 2 heterocycles. The van der Waals surface area contributed by atoms with E-state index in [-0.39, 0.29) is 12.5 Å². The second-order valence-electron chi connectivity index (χ2n) is 6.88. The minimum Gasteiger partial charge on any atom is -0.486 e. The Morgan fingerprint density at radius 3 is 3.00 bits per heavy atom. The predicted molar refractivity (Wildman–Crippen MR) is 113 cm³/mol. The Hall–Kier alpha value is -2.68. The fourth-order valence-electron chi connectivity index (χ4n) is 2.83. The van der Waals surface area contributed by atoms with Gasteiger partial charge in [-0.25, -0.2) is 4.99 Å². The molecule has 0 saturated carbocycles. The van der Waals surface area contributed by atoms with Crippen LogP contribution < -0.4 is 15.4 Å². The molecule has 1 aliphatic rings. The summed E-state index contributed by atoms with van der Waals surface area (Å²) >= 11 is 6.18. The van der Waals surface area contributed by atoms with Crippen LogP contribution in [0.1, 0.15) is 28.6 Å². The summed E-state index contributed by atoms with van der Waals surface area (Å²) in [6, 6.07) is 6.60. The standard InChI is InChI=1S/C20H24ClN5O3/c1-26(2)9-3-7-23-19(27)15-10-13(4-5-16(15)21)29-12-18-24-17-11-22-8-6-14(17)20(28)25-18/h4-6,8,10-11,20,28H,3,7,9,12H2,1-2H3,(H,23,27)(H,24,25). The highest BCUT2D eigenvalue weighted by Crippen LogP contribution is 2.27. The topological polar surface area (TPSA) is 99.1 Å².